The molecule has 0 aliphatic rings. The van der Waals surface area contributed by atoms with Gasteiger partial charge in [-0.1, -0.05) is 19.1 Å². The van der Waals surface area contributed by atoms with Crippen molar-refractivity contribution in [2.75, 3.05) is 19.5 Å². The highest BCUT2D eigenvalue weighted by Gasteiger charge is 2.02. The lowest BCUT2D eigenvalue weighted by Gasteiger charge is -2.02. The van der Waals surface area contributed by atoms with Crippen molar-refractivity contribution >= 4 is 17.5 Å². The Balaban J connectivity index is 2.52. The molecule has 0 unspecified atom stereocenters. The van der Waals surface area contributed by atoms with E-state index in [0.29, 0.717) is 6.42 Å². The van der Waals surface area contributed by atoms with Gasteiger partial charge in [0.25, 0.3) is 0 Å². The van der Waals surface area contributed by atoms with Gasteiger partial charge in [0.1, 0.15) is 0 Å². The van der Waals surface area contributed by atoms with Gasteiger partial charge < -0.3 is 4.74 Å². The normalized spacial score (nSPS) is 10.3. The number of carbonyl (C=O) groups is 1. The first kappa shape index (κ1) is 12.3. The van der Waals surface area contributed by atoms with E-state index in [2.05, 4.69) is 0 Å². The second kappa shape index (κ2) is 6.64. The number of ketones is 1. The van der Waals surface area contributed by atoms with Gasteiger partial charge in [-0.25, -0.2) is 0 Å². The van der Waals surface area contributed by atoms with Crippen LogP contribution in [0, 0.1) is 0 Å². The lowest BCUT2D eigenvalue weighted by Crippen LogP contribution is -1.96. The van der Waals surface area contributed by atoms with E-state index < -0.39 is 0 Å². The van der Waals surface area contributed by atoms with Crippen LogP contribution in [0.25, 0.3) is 0 Å². The summed E-state index contributed by atoms with van der Waals surface area (Å²) in [5.74, 6) is 1.14. The standard InChI is InChI=1S/C12H16O2S/c1-3-12(13)10-4-6-11(7-5-10)15-9-8-14-2/h4-7H,3,8-9H2,1-2H3. The SMILES string of the molecule is CCC(=O)c1ccc(SCCOC)cc1. The van der Waals surface area contributed by atoms with Crippen LogP contribution >= 0.6 is 11.8 Å². The average Bonchev–Trinajstić information content (AvgIpc) is 2.29. The van der Waals surface area contributed by atoms with Gasteiger partial charge in [-0.05, 0) is 12.1 Å². The fourth-order valence-electron chi connectivity index (χ4n) is 1.18. The van der Waals surface area contributed by atoms with Crippen LogP contribution < -0.4 is 0 Å². The molecule has 0 atom stereocenters. The van der Waals surface area contributed by atoms with E-state index in [4.69, 9.17) is 4.74 Å². The lowest BCUT2D eigenvalue weighted by atomic mass is 10.1. The number of rotatable bonds is 6. The molecular weight excluding hydrogens is 208 g/mol. The highest BCUT2D eigenvalue weighted by Crippen LogP contribution is 2.18. The van der Waals surface area contributed by atoms with Crippen molar-refractivity contribution in [1.82, 2.24) is 0 Å². The number of benzene rings is 1. The number of ether oxygens (including phenoxy) is 1. The summed E-state index contributed by atoms with van der Waals surface area (Å²) < 4.78 is 4.97. The van der Waals surface area contributed by atoms with Gasteiger partial charge in [0.15, 0.2) is 5.78 Å². The van der Waals surface area contributed by atoms with E-state index in [9.17, 15) is 4.79 Å². The van der Waals surface area contributed by atoms with Crippen LogP contribution in [0.1, 0.15) is 23.7 Å². The van der Waals surface area contributed by atoms with E-state index >= 15 is 0 Å². The molecule has 0 heterocycles. The summed E-state index contributed by atoms with van der Waals surface area (Å²) in [7, 11) is 1.70. The molecule has 0 saturated heterocycles. The van der Waals surface area contributed by atoms with Crippen LogP contribution in [0.2, 0.25) is 0 Å². The Morgan fingerprint density at radius 1 is 1.33 bits per heavy atom. The summed E-state index contributed by atoms with van der Waals surface area (Å²) in [6, 6.07) is 7.76. The zero-order chi connectivity index (χ0) is 11.1. The maximum atomic E-state index is 11.4. The summed E-state index contributed by atoms with van der Waals surface area (Å²) >= 11 is 1.74. The fourth-order valence-corrected chi connectivity index (χ4v) is 2.00. The topological polar surface area (TPSA) is 26.3 Å². The molecule has 0 fully saturated rings. The highest BCUT2D eigenvalue weighted by atomic mass is 32.2. The van der Waals surface area contributed by atoms with Crippen molar-refractivity contribution in [3.8, 4) is 0 Å². The molecule has 0 N–H and O–H groups in total. The second-order valence-corrected chi connectivity index (χ2v) is 4.31. The number of methoxy groups -OCH3 is 1. The van der Waals surface area contributed by atoms with Crippen LogP contribution in [0.15, 0.2) is 29.2 Å². The van der Waals surface area contributed by atoms with E-state index in [0.717, 1.165) is 17.9 Å². The first-order valence-corrected chi connectivity index (χ1v) is 6.01. The van der Waals surface area contributed by atoms with Crippen molar-refractivity contribution in [3.05, 3.63) is 29.8 Å². The second-order valence-electron chi connectivity index (χ2n) is 3.14. The van der Waals surface area contributed by atoms with Crippen molar-refractivity contribution in [1.29, 1.82) is 0 Å². The van der Waals surface area contributed by atoms with Gasteiger partial charge in [0.2, 0.25) is 0 Å². The molecule has 0 spiro atoms. The molecule has 1 aromatic rings. The molecule has 0 aliphatic carbocycles. The summed E-state index contributed by atoms with van der Waals surface area (Å²) in [6.07, 6.45) is 0.566. The minimum atomic E-state index is 0.198. The Bertz CT molecular complexity index is 306. The predicted molar refractivity (Wildman–Crippen MR) is 63.7 cm³/mol. The monoisotopic (exact) mass is 224 g/mol. The maximum Gasteiger partial charge on any atom is 0.162 e. The lowest BCUT2D eigenvalue weighted by molar-refractivity contribution is 0.0988. The Morgan fingerprint density at radius 2 is 2.00 bits per heavy atom. The molecule has 0 saturated carbocycles. The van der Waals surface area contributed by atoms with Gasteiger partial charge in [0.05, 0.1) is 6.61 Å². The molecule has 2 nitrogen and oxygen atoms in total. The molecule has 0 aromatic heterocycles. The summed E-state index contributed by atoms with van der Waals surface area (Å²) in [5, 5.41) is 0. The van der Waals surface area contributed by atoms with Gasteiger partial charge in [-0.2, -0.15) is 0 Å². The zero-order valence-electron chi connectivity index (χ0n) is 9.16. The number of thioether (sulfide) groups is 1. The van der Waals surface area contributed by atoms with Crippen molar-refractivity contribution < 1.29 is 9.53 Å². The third-order valence-electron chi connectivity index (χ3n) is 2.05. The molecular formula is C12H16O2S. The van der Waals surface area contributed by atoms with E-state index in [-0.39, 0.29) is 5.78 Å². The quantitative estimate of drug-likeness (QED) is 0.422. The first-order valence-electron chi connectivity index (χ1n) is 5.03. The van der Waals surface area contributed by atoms with Crippen LogP contribution in [-0.2, 0) is 4.74 Å². The zero-order valence-corrected chi connectivity index (χ0v) is 9.97. The summed E-state index contributed by atoms with van der Waals surface area (Å²) in [4.78, 5) is 12.5. The van der Waals surface area contributed by atoms with Gasteiger partial charge in [0, 0.05) is 29.7 Å². The number of carbonyl (C=O) groups excluding carboxylic acids is 1. The molecule has 0 radical (unpaired) electrons. The van der Waals surface area contributed by atoms with Crippen LogP contribution in [0.3, 0.4) is 0 Å². The summed E-state index contributed by atoms with van der Waals surface area (Å²) in [5.41, 5.74) is 0.800. The molecule has 0 aliphatic heterocycles. The number of hydrogen-bond donors (Lipinski definition) is 0. The average molecular weight is 224 g/mol. The maximum absolute atomic E-state index is 11.4. The Hall–Kier alpha value is -0.800. The van der Waals surface area contributed by atoms with Gasteiger partial charge in [-0.3, -0.25) is 4.79 Å². The Morgan fingerprint density at radius 3 is 2.53 bits per heavy atom. The molecule has 3 heteroatoms. The van der Waals surface area contributed by atoms with Gasteiger partial charge in [-0.15, -0.1) is 11.8 Å². The van der Waals surface area contributed by atoms with Crippen molar-refractivity contribution in [2.45, 2.75) is 18.2 Å². The fraction of sp³-hybridized carbons (Fsp3) is 0.417. The predicted octanol–water partition coefficient (Wildman–Crippen LogP) is 3.02. The number of Topliss-reactive ketones (excluding diaryl/α,β-unsaturated/α-hetero) is 1. The van der Waals surface area contributed by atoms with Crippen LogP contribution in [0.5, 0.6) is 0 Å². The van der Waals surface area contributed by atoms with E-state index in [1.54, 1.807) is 18.9 Å². The van der Waals surface area contributed by atoms with Crippen LogP contribution in [0.4, 0.5) is 0 Å². The van der Waals surface area contributed by atoms with E-state index in [1.165, 1.54) is 4.90 Å². The minimum Gasteiger partial charge on any atom is -0.384 e. The molecule has 0 amide bonds. The largest absolute Gasteiger partial charge is 0.384 e. The minimum absolute atomic E-state index is 0.198. The van der Waals surface area contributed by atoms with Crippen molar-refractivity contribution in [3.63, 3.8) is 0 Å². The molecule has 1 rings (SSSR count). The summed E-state index contributed by atoms with van der Waals surface area (Å²) in [6.45, 7) is 2.63. The van der Waals surface area contributed by atoms with Gasteiger partial charge >= 0.3 is 0 Å². The van der Waals surface area contributed by atoms with E-state index in [1.807, 2.05) is 31.2 Å². The molecule has 15 heavy (non-hydrogen) atoms. The van der Waals surface area contributed by atoms with Crippen molar-refractivity contribution in [2.24, 2.45) is 0 Å². The Kier molecular flexibility index (Phi) is 5.43. The third-order valence-corrected chi connectivity index (χ3v) is 3.03. The highest BCUT2D eigenvalue weighted by molar-refractivity contribution is 7.99. The smallest absolute Gasteiger partial charge is 0.162 e. The molecule has 1 aromatic carbocycles. The number of hydrogen-bond acceptors (Lipinski definition) is 3. The third kappa shape index (κ3) is 4.06. The molecule has 0 bridgehead atoms. The first-order chi connectivity index (χ1) is 7.27. The van der Waals surface area contributed by atoms with Crippen LogP contribution in [-0.4, -0.2) is 25.3 Å². The Labute approximate surface area is 95.0 Å². The molecule has 82 valence electrons.